The van der Waals surface area contributed by atoms with Crippen molar-refractivity contribution in [3.63, 3.8) is 0 Å². The molecule has 1 heterocycles. The van der Waals surface area contributed by atoms with E-state index in [1.807, 2.05) is 12.1 Å². The van der Waals surface area contributed by atoms with E-state index in [2.05, 4.69) is 4.98 Å². The fourth-order valence-electron chi connectivity index (χ4n) is 2.18. The first-order valence-corrected chi connectivity index (χ1v) is 6.57. The second-order valence-corrected chi connectivity index (χ2v) is 4.62. The van der Waals surface area contributed by atoms with E-state index < -0.39 is 0 Å². The van der Waals surface area contributed by atoms with Crippen molar-refractivity contribution >= 4 is 22.5 Å². The van der Waals surface area contributed by atoms with E-state index in [0.717, 1.165) is 10.9 Å². The van der Waals surface area contributed by atoms with Crippen LogP contribution in [0, 0.1) is 22.7 Å². The highest BCUT2D eigenvalue weighted by Crippen LogP contribution is 2.22. The summed E-state index contributed by atoms with van der Waals surface area (Å²) >= 11 is 0. The van der Waals surface area contributed by atoms with Gasteiger partial charge < -0.3 is 15.6 Å². The van der Waals surface area contributed by atoms with Crippen LogP contribution in [0.15, 0.2) is 24.4 Å². The molecule has 106 valence electrons. The first kappa shape index (κ1) is 14.4. The van der Waals surface area contributed by atoms with Gasteiger partial charge in [-0.1, -0.05) is 0 Å². The number of carbonyl (C=O) groups is 1. The van der Waals surface area contributed by atoms with Gasteiger partial charge in [-0.25, -0.2) is 0 Å². The zero-order valence-corrected chi connectivity index (χ0v) is 11.5. The van der Waals surface area contributed by atoms with Crippen LogP contribution in [0.4, 0.5) is 5.69 Å². The molecular weight excluding hydrogens is 266 g/mol. The number of aromatic nitrogens is 1. The van der Waals surface area contributed by atoms with E-state index in [4.69, 9.17) is 16.3 Å². The van der Waals surface area contributed by atoms with Gasteiger partial charge in [-0.3, -0.25) is 4.79 Å². The van der Waals surface area contributed by atoms with Crippen LogP contribution in [0.5, 0.6) is 0 Å². The molecule has 2 aromatic rings. The molecule has 0 unspecified atom stereocenters. The second-order valence-electron chi connectivity index (χ2n) is 4.62. The number of rotatable bonds is 5. The molecule has 2 rings (SSSR count). The maximum absolute atomic E-state index is 12.6. The number of fused-ring (bicyclic) bond motifs is 1. The summed E-state index contributed by atoms with van der Waals surface area (Å²) in [5.41, 5.74) is 7.65. The zero-order chi connectivity index (χ0) is 15.2. The number of H-pyrrole nitrogens is 1. The highest BCUT2D eigenvalue weighted by Gasteiger charge is 2.18. The lowest BCUT2D eigenvalue weighted by molar-refractivity contribution is 0.0764. The maximum atomic E-state index is 12.6. The summed E-state index contributed by atoms with van der Waals surface area (Å²) in [6, 6.07) is 9.33. The molecule has 0 atom stereocenters. The number of benzene rings is 1. The lowest BCUT2D eigenvalue weighted by Crippen LogP contribution is -2.32. The largest absolute Gasteiger partial charge is 0.399 e. The molecule has 3 N–H and O–H groups in total. The van der Waals surface area contributed by atoms with Crippen molar-refractivity contribution in [1.29, 1.82) is 10.5 Å². The van der Waals surface area contributed by atoms with Crippen LogP contribution in [0.25, 0.3) is 10.9 Å². The van der Waals surface area contributed by atoms with Crippen LogP contribution in [-0.4, -0.2) is 28.9 Å². The van der Waals surface area contributed by atoms with E-state index in [-0.39, 0.29) is 18.7 Å². The zero-order valence-electron chi connectivity index (χ0n) is 11.5. The number of nitrogens with two attached hydrogens (primary N) is 1. The Morgan fingerprint density at radius 1 is 1.24 bits per heavy atom. The van der Waals surface area contributed by atoms with Gasteiger partial charge in [0.15, 0.2) is 0 Å². The summed E-state index contributed by atoms with van der Waals surface area (Å²) in [5.74, 6) is -0.184. The number of amides is 1. The van der Waals surface area contributed by atoms with Gasteiger partial charge in [0.25, 0.3) is 5.91 Å². The minimum Gasteiger partial charge on any atom is -0.399 e. The molecule has 0 aliphatic rings. The molecule has 0 bridgehead atoms. The van der Waals surface area contributed by atoms with Crippen LogP contribution in [0.1, 0.15) is 23.2 Å². The molecule has 1 aromatic carbocycles. The molecular formula is C15H15N5O. The Morgan fingerprint density at radius 3 is 2.52 bits per heavy atom. The number of carbonyl (C=O) groups excluding carboxylic acids is 1. The third kappa shape index (κ3) is 3.13. The van der Waals surface area contributed by atoms with Crippen LogP contribution < -0.4 is 5.73 Å². The molecule has 1 aromatic heterocycles. The standard InChI is InChI=1S/C15H15N5O/c16-5-1-7-20(8-2-6-17)15(21)13-10-19-14-9-11(18)3-4-12(13)14/h3-4,9-10,19H,1-2,7-8,18H2. The Balaban J connectivity index is 2.30. The smallest absolute Gasteiger partial charge is 0.256 e. The van der Waals surface area contributed by atoms with E-state index >= 15 is 0 Å². The summed E-state index contributed by atoms with van der Waals surface area (Å²) in [4.78, 5) is 17.1. The minimum absolute atomic E-state index is 0.184. The fraction of sp³-hybridized carbons (Fsp3) is 0.267. The molecule has 1 amide bonds. The van der Waals surface area contributed by atoms with Crippen molar-refractivity contribution in [3.8, 4) is 12.1 Å². The molecule has 6 nitrogen and oxygen atoms in total. The normalized spacial score (nSPS) is 10.0. The molecule has 0 aliphatic heterocycles. The lowest BCUT2D eigenvalue weighted by atomic mass is 10.1. The third-order valence-corrected chi connectivity index (χ3v) is 3.21. The number of anilines is 1. The van der Waals surface area contributed by atoms with Crippen molar-refractivity contribution in [2.24, 2.45) is 0 Å². The first-order valence-electron chi connectivity index (χ1n) is 6.57. The van der Waals surface area contributed by atoms with E-state index in [1.165, 1.54) is 4.90 Å². The second kappa shape index (κ2) is 6.44. The van der Waals surface area contributed by atoms with E-state index in [1.54, 1.807) is 24.4 Å². The number of aromatic amines is 1. The van der Waals surface area contributed by atoms with Gasteiger partial charge in [-0.2, -0.15) is 10.5 Å². The average molecular weight is 281 g/mol. The lowest BCUT2D eigenvalue weighted by Gasteiger charge is -2.19. The van der Waals surface area contributed by atoms with Crippen LogP contribution >= 0.6 is 0 Å². The summed E-state index contributed by atoms with van der Waals surface area (Å²) < 4.78 is 0. The number of hydrogen-bond acceptors (Lipinski definition) is 4. The number of nitrogens with one attached hydrogen (secondary N) is 1. The monoisotopic (exact) mass is 281 g/mol. The highest BCUT2D eigenvalue weighted by molar-refractivity contribution is 6.07. The predicted molar refractivity (Wildman–Crippen MR) is 79.1 cm³/mol. The van der Waals surface area contributed by atoms with Gasteiger partial charge in [-0.15, -0.1) is 0 Å². The topological polar surface area (TPSA) is 110 Å². The fourth-order valence-corrected chi connectivity index (χ4v) is 2.18. The molecule has 0 saturated heterocycles. The number of nitrogen functional groups attached to an aromatic ring is 1. The maximum Gasteiger partial charge on any atom is 0.256 e. The van der Waals surface area contributed by atoms with Crippen molar-refractivity contribution in [2.75, 3.05) is 18.8 Å². The van der Waals surface area contributed by atoms with Crippen molar-refractivity contribution in [2.45, 2.75) is 12.8 Å². The number of hydrogen-bond donors (Lipinski definition) is 2. The van der Waals surface area contributed by atoms with Gasteiger partial charge >= 0.3 is 0 Å². The van der Waals surface area contributed by atoms with Crippen molar-refractivity contribution in [1.82, 2.24) is 9.88 Å². The molecule has 0 saturated carbocycles. The molecule has 0 aliphatic carbocycles. The van der Waals surface area contributed by atoms with Gasteiger partial charge in [0.2, 0.25) is 0 Å². The SMILES string of the molecule is N#CCCN(CCC#N)C(=O)c1c[nH]c2cc(N)ccc12. The summed E-state index contributed by atoms with van der Waals surface area (Å²) in [6.45, 7) is 0.636. The summed E-state index contributed by atoms with van der Waals surface area (Å²) in [6.07, 6.45) is 2.12. The predicted octanol–water partition coefficient (Wildman–Crippen LogP) is 2.02. The van der Waals surface area contributed by atoms with Crippen LogP contribution in [0.2, 0.25) is 0 Å². The van der Waals surface area contributed by atoms with Gasteiger partial charge in [0.1, 0.15) is 0 Å². The van der Waals surface area contributed by atoms with Gasteiger partial charge in [0, 0.05) is 35.9 Å². The van der Waals surface area contributed by atoms with E-state index in [0.29, 0.717) is 24.3 Å². The van der Waals surface area contributed by atoms with Gasteiger partial charge in [-0.05, 0) is 18.2 Å². The number of nitriles is 2. The van der Waals surface area contributed by atoms with Crippen molar-refractivity contribution in [3.05, 3.63) is 30.0 Å². The Kier molecular flexibility index (Phi) is 4.43. The summed E-state index contributed by atoms with van der Waals surface area (Å²) in [5, 5.41) is 18.1. The van der Waals surface area contributed by atoms with Crippen LogP contribution in [-0.2, 0) is 0 Å². The third-order valence-electron chi connectivity index (χ3n) is 3.21. The Labute approximate surface area is 122 Å². The summed E-state index contributed by atoms with van der Waals surface area (Å²) in [7, 11) is 0. The Bertz CT molecular complexity index is 717. The van der Waals surface area contributed by atoms with Gasteiger partial charge in [0.05, 0.1) is 30.5 Å². The average Bonchev–Trinajstić information content (AvgIpc) is 2.89. The Morgan fingerprint density at radius 2 is 1.90 bits per heavy atom. The molecule has 21 heavy (non-hydrogen) atoms. The van der Waals surface area contributed by atoms with E-state index in [9.17, 15) is 4.79 Å². The number of nitrogens with zero attached hydrogens (tertiary/aromatic N) is 3. The molecule has 0 fully saturated rings. The molecule has 6 heteroatoms. The van der Waals surface area contributed by atoms with Crippen molar-refractivity contribution < 1.29 is 4.79 Å². The quantitative estimate of drug-likeness (QED) is 0.817. The molecule has 0 spiro atoms. The first-order chi connectivity index (χ1) is 10.2. The minimum atomic E-state index is -0.184. The Hall–Kier alpha value is -2.99. The van der Waals surface area contributed by atoms with Crippen LogP contribution in [0.3, 0.4) is 0 Å². The highest BCUT2D eigenvalue weighted by atomic mass is 16.2. The molecule has 0 radical (unpaired) electrons.